The van der Waals surface area contributed by atoms with E-state index < -0.39 is 0 Å². The number of aryl methyl sites for hydroxylation is 1. The van der Waals surface area contributed by atoms with E-state index in [2.05, 4.69) is 53.1 Å². The highest BCUT2D eigenvalue weighted by atomic mass is 35.5. The minimum Gasteiger partial charge on any atom is -0.296 e. The number of rotatable bonds is 10. The Labute approximate surface area is 224 Å². The van der Waals surface area contributed by atoms with Crippen LogP contribution in [0.2, 0.25) is 5.02 Å². The molecule has 7 heteroatoms. The van der Waals surface area contributed by atoms with E-state index in [4.69, 9.17) is 11.6 Å². The lowest BCUT2D eigenvalue weighted by Crippen LogP contribution is -2.20. The van der Waals surface area contributed by atoms with Crippen molar-refractivity contribution < 1.29 is 4.79 Å². The molecular formula is C28H38ClN3OS2. The van der Waals surface area contributed by atoms with Gasteiger partial charge in [-0.1, -0.05) is 71.3 Å². The average Bonchev–Trinajstić information content (AvgIpc) is 3.38. The van der Waals surface area contributed by atoms with E-state index in [-0.39, 0.29) is 0 Å². The Kier molecular flexibility index (Phi) is 15.3. The van der Waals surface area contributed by atoms with E-state index >= 15 is 0 Å². The van der Waals surface area contributed by atoms with Crippen molar-refractivity contribution in [2.24, 2.45) is 5.10 Å². The number of hydrogen-bond donors (Lipinski definition) is 1. The molecule has 0 aliphatic heterocycles. The van der Waals surface area contributed by atoms with Crippen LogP contribution in [0.15, 0.2) is 64.6 Å². The number of nitrogens with zero attached hydrogens (tertiary/aromatic N) is 2. The third-order valence-electron chi connectivity index (χ3n) is 4.76. The number of halogens is 1. The third kappa shape index (κ3) is 9.45. The van der Waals surface area contributed by atoms with Gasteiger partial charge in [0.05, 0.1) is 12.2 Å². The number of hydrogen-bond acceptors (Lipinski definition) is 6. The number of hydrazone groups is 1. The third-order valence-corrected chi connectivity index (χ3v) is 6.81. The summed E-state index contributed by atoms with van der Waals surface area (Å²) in [6.07, 6.45) is 2.26. The van der Waals surface area contributed by atoms with Crippen LogP contribution in [0.4, 0.5) is 5.69 Å². The van der Waals surface area contributed by atoms with Crippen LogP contribution in [0.25, 0.3) is 10.4 Å². The Morgan fingerprint density at radius 3 is 2.46 bits per heavy atom. The van der Waals surface area contributed by atoms with Gasteiger partial charge in [0.2, 0.25) is 0 Å². The van der Waals surface area contributed by atoms with Crippen LogP contribution < -0.4 is 9.73 Å². The summed E-state index contributed by atoms with van der Waals surface area (Å²) in [6.45, 7) is 12.6. The van der Waals surface area contributed by atoms with Crippen LogP contribution in [0.5, 0.6) is 0 Å². The molecule has 190 valence electrons. The first-order valence-electron chi connectivity index (χ1n) is 12.2. The Hall–Kier alpha value is -2.12. The molecule has 3 rings (SSSR count). The van der Waals surface area contributed by atoms with Crippen molar-refractivity contribution in [3.05, 3.63) is 70.1 Å². The molecule has 0 amide bonds. The largest absolute Gasteiger partial charge is 0.296 e. The molecule has 0 radical (unpaired) electrons. The second-order valence-corrected chi connectivity index (χ2v) is 9.54. The standard InChI is InChI=1S/C24H26ClN3OS2.2C2H6/c1-4-17-9-10-19(25)14-23(17)28(27-20(5-2)16-29)15-22-11-12-24(30-22)18-7-6-8-21(13-18)31-26-3;2*1-2/h6-14,16,26H,4-5,15H2,1-3H3;2*1-2H3/b27-20+;;. The van der Waals surface area contributed by atoms with Crippen molar-refractivity contribution >= 4 is 52.6 Å². The molecule has 0 saturated heterocycles. The molecule has 0 bridgehead atoms. The number of anilines is 1. The molecule has 0 spiro atoms. The van der Waals surface area contributed by atoms with Gasteiger partial charge < -0.3 is 0 Å². The first-order chi connectivity index (χ1) is 17.1. The minimum absolute atomic E-state index is 0.510. The molecule has 4 nitrogen and oxygen atoms in total. The molecule has 1 N–H and O–H groups in total. The van der Waals surface area contributed by atoms with E-state index in [1.165, 1.54) is 15.3 Å². The molecule has 0 atom stereocenters. The van der Waals surface area contributed by atoms with Gasteiger partial charge in [0.25, 0.3) is 0 Å². The number of thiophene rings is 1. The fourth-order valence-corrected chi connectivity index (χ4v) is 4.90. The van der Waals surface area contributed by atoms with Crippen LogP contribution in [0.3, 0.4) is 0 Å². The van der Waals surface area contributed by atoms with Crippen LogP contribution in [0, 0.1) is 0 Å². The topological polar surface area (TPSA) is 44.7 Å². The van der Waals surface area contributed by atoms with E-state index in [1.54, 1.807) is 23.3 Å². The van der Waals surface area contributed by atoms with Gasteiger partial charge in [-0.05, 0) is 79.4 Å². The van der Waals surface area contributed by atoms with Gasteiger partial charge in [-0.2, -0.15) is 5.10 Å². The predicted molar refractivity (Wildman–Crippen MR) is 158 cm³/mol. The maximum Gasteiger partial charge on any atom is 0.166 e. The molecule has 0 aliphatic rings. The van der Waals surface area contributed by atoms with Gasteiger partial charge in [-0.25, -0.2) is 0 Å². The lowest BCUT2D eigenvalue weighted by molar-refractivity contribution is -0.102. The SMILES string of the molecule is CC.CC.CC/C(C=O)=N\N(Cc1ccc(-c2cccc(SNC)c2)s1)c1cc(Cl)ccc1CC. The number of carbonyl (C=O) groups is 1. The minimum atomic E-state index is 0.510. The zero-order valence-corrected chi connectivity index (χ0v) is 24.3. The normalized spacial score (nSPS) is 10.6. The maximum atomic E-state index is 11.5. The van der Waals surface area contributed by atoms with Gasteiger partial charge in [0, 0.05) is 19.7 Å². The summed E-state index contributed by atoms with van der Waals surface area (Å²) in [4.78, 5) is 15.0. The molecule has 3 aromatic rings. The van der Waals surface area contributed by atoms with Gasteiger partial charge in [0.15, 0.2) is 6.29 Å². The van der Waals surface area contributed by atoms with Crippen molar-refractivity contribution in [3.63, 3.8) is 0 Å². The molecule has 0 unspecified atom stereocenters. The average molecular weight is 532 g/mol. The van der Waals surface area contributed by atoms with Gasteiger partial charge in [-0.3, -0.25) is 14.5 Å². The van der Waals surface area contributed by atoms with Crippen molar-refractivity contribution in [3.8, 4) is 10.4 Å². The van der Waals surface area contributed by atoms with E-state index in [0.29, 0.717) is 23.7 Å². The lowest BCUT2D eigenvalue weighted by Gasteiger charge is -2.22. The highest BCUT2D eigenvalue weighted by molar-refractivity contribution is 7.97. The van der Waals surface area contributed by atoms with Gasteiger partial charge >= 0.3 is 0 Å². The van der Waals surface area contributed by atoms with Crippen LogP contribution >= 0.6 is 34.9 Å². The van der Waals surface area contributed by atoms with Crippen molar-refractivity contribution in [1.82, 2.24) is 4.72 Å². The monoisotopic (exact) mass is 531 g/mol. The molecule has 1 heterocycles. The summed E-state index contributed by atoms with van der Waals surface area (Å²) in [5.74, 6) is 0. The molecule has 0 fully saturated rings. The predicted octanol–water partition coefficient (Wildman–Crippen LogP) is 8.88. The second-order valence-electron chi connectivity index (χ2n) is 6.85. The maximum absolute atomic E-state index is 11.5. The molecular weight excluding hydrogens is 494 g/mol. The Morgan fingerprint density at radius 2 is 1.83 bits per heavy atom. The number of nitrogens with one attached hydrogen (secondary N) is 1. The van der Waals surface area contributed by atoms with Crippen molar-refractivity contribution in [2.75, 3.05) is 12.1 Å². The fourth-order valence-electron chi connectivity index (χ4n) is 3.18. The number of carbonyl (C=O) groups excluding carboxylic acids is 1. The lowest BCUT2D eigenvalue weighted by atomic mass is 10.1. The summed E-state index contributed by atoms with van der Waals surface area (Å²) in [5, 5.41) is 7.23. The Bertz CT molecular complexity index is 1070. The van der Waals surface area contributed by atoms with Crippen LogP contribution in [0.1, 0.15) is 58.4 Å². The summed E-state index contributed by atoms with van der Waals surface area (Å²) < 4.78 is 3.12. The van der Waals surface area contributed by atoms with Crippen LogP contribution in [-0.2, 0) is 17.8 Å². The van der Waals surface area contributed by atoms with Crippen molar-refractivity contribution in [1.29, 1.82) is 0 Å². The molecule has 1 aromatic heterocycles. The molecule has 0 aliphatic carbocycles. The summed E-state index contributed by atoms with van der Waals surface area (Å²) >= 11 is 9.63. The van der Waals surface area contributed by atoms with Gasteiger partial charge in [0.1, 0.15) is 5.71 Å². The smallest absolute Gasteiger partial charge is 0.166 e. The van der Waals surface area contributed by atoms with Crippen LogP contribution in [-0.4, -0.2) is 19.0 Å². The fraction of sp³-hybridized carbons (Fsp3) is 0.357. The van der Waals surface area contributed by atoms with E-state index in [1.807, 2.05) is 64.9 Å². The Morgan fingerprint density at radius 1 is 1.09 bits per heavy atom. The molecule has 35 heavy (non-hydrogen) atoms. The summed E-state index contributed by atoms with van der Waals surface area (Å²) in [5.41, 5.74) is 3.77. The van der Waals surface area contributed by atoms with Crippen molar-refractivity contribution in [2.45, 2.75) is 65.8 Å². The molecule has 0 saturated carbocycles. The zero-order chi connectivity index (χ0) is 26.2. The van der Waals surface area contributed by atoms with E-state index in [0.717, 1.165) is 28.8 Å². The first-order valence-corrected chi connectivity index (χ1v) is 14.2. The van der Waals surface area contributed by atoms with Gasteiger partial charge in [-0.15, -0.1) is 11.3 Å². The first kappa shape index (κ1) is 30.9. The zero-order valence-electron chi connectivity index (χ0n) is 21.9. The quantitative estimate of drug-likeness (QED) is 0.123. The number of aldehydes is 1. The Balaban J connectivity index is 0.00000145. The highest BCUT2D eigenvalue weighted by Gasteiger charge is 2.14. The number of benzene rings is 2. The summed E-state index contributed by atoms with van der Waals surface area (Å²) in [6, 6.07) is 18.6. The highest BCUT2D eigenvalue weighted by Crippen LogP contribution is 2.33. The second kappa shape index (κ2) is 17.3. The molecule has 2 aromatic carbocycles. The van der Waals surface area contributed by atoms with E-state index in [9.17, 15) is 4.79 Å². The summed E-state index contributed by atoms with van der Waals surface area (Å²) in [7, 11) is 1.92.